The van der Waals surface area contributed by atoms with E-state index in [1.54, 1.807) is 0 Å². The lowest BCUT2D eigenvalue weighted by Gasteiger charge is -2.16. The molecule has 0 radical (unpaired) electrons. The first-order chi connectivity index (χ1) is 22.4. The molecule has 0 spiro atoms. The summed E-state index contributed by atoms with van der Waals surface area (Å²) in [7, 11) is 0. The lowest BCUT2D eigenvalue weighted by atomic mass is 10.0. The van der Waals surface area contributed by atoms with Crippen LogP contribution in [0.2, 0.25) is 0 Å². The van der Waals surface area contributed by atoms with Gasteiger partial charge in [-0.2, -0.15) is 11.8 Å². The van der Waals surface area contributed by atoms with Gasteiger partial charge < -0.3 is 49.1 Å². The molecule has 0 bridgehead atoms. The van der Waals surface area contributed by atoms with Crippen molar-refractivity contribution < 1.29 is 52.5 Å². The fourth-order valence-electron chi connectivity index (χ4n) is 4.55. The van der Waals surface area contributed by atoms with E-state index in [0.29, 0.717) is 77.7 Å². The molecule has 1 aromatic rings. The third-order valence-corrected chi connectivity index (χ3v) is 8.34. The highest BCUT2D eigenvalue weighted by Crippen LogP contribution is 2.33. The molecule has 2 aliphatic heterocycles. The second kappa shape index (κ2) is 22.3. The van der Waals surface area contributed by atoms with Crippen molar-refractivity contribution >= 4 is 35.5 Å². The van der Waals surface area contributed by atoms with Crippen molar-refractivity contribution in [3.63, 3.8) is 0 Å². The molecule has 1 aromatic carbocycles. The number of nitro groups is 1. The second-order valence-corrected chi connectivity index (χ2v) is 11.5. The smallest absolute Gasteiger partial charge is 0.432 e. The number of fused-ring (bicyclic) bond motifs is 1. The standard InChI is InChI=1S/C29H44N4O12S/c34-26(4-2-1-3-25-27-24(21-46-25)31-28(35)32-27)30-9-10-39-11-12-40-13-14-41-15-16-42-17-18-43-19-20-44-29(36)45-23-7-5-22(6-8-23)33(37)38/h5-8,24-25,27H,1-4,9-21H2,(H,30,34)(H2,31,32,35)/t24-,25-,27-/m0/s1. The van der Waals surface area contributed by atoms with Gasteiger partial charge in [-0.25, -0.2) is 9.59 Å². The molecule has 46 heavy (non-hydrogen) atoms. The summed E-state index contributed by atoms with van der Waals surface area (Å²) in [4.78, 5) is 45.1. The first-order valence-corrected chi connectivity index (χ1v) is 16.4. The van der Waals surface area contributed by atoms with E-state index < -0.39 is 11.1 Å². The van der Waals surface area contributed by atoms with Gasteiger partial charge in [0.05, 0.1) is 83.1 Å². The number of thioether (sulfide) groups is 1. The van der Waals surface area contributed by atoms with E-state index in [2.05, 4.69) is 16.0 Å². The zero-order valence-electron chi connectivity index (χ0n) is 25.8. The highest BCUT2D eigenvalue weighted by molar-refractivity contribution is 8.00. The Morgan fingerprint density at radius 1 is 0.848 bits per heavy atom. The number of nitrogens with zero attached hydrogens (tertiary/aromatic N) is 1. The number of nitrogens with one attached hydrogen (secondary N) is 3. The molecule has 2 fully saturated rings. The molecule has 16 nitrogen and oxygen atoms in total. The average Bonchev–Trinajstić information content (AvgIpc) is 3.59. The van der Waals surface area contributed by atoms with Crippen molar-refractivity contribution in [2.75, 3.05) is 85.0 Å². The molecule has 0 aromatic heterocycles. The number of carbonyl (C=O) groups excluding carboxylic acids is 3. The third kappa shape index (κ3) is 15.4. The molecule has 3 N–H and O–H groups in total. The number of carbonyl (C=O) groups is 3. The maximum absolute atomic E-state index is 12.0. The summed E-state index contributed by atoms with van der Waals surface area (Å²) < 4.78 is 36.8. The number of unbranched alkanes of at least 4 members (excludes halogenated alkanes) is 1. The normalized spacial score (nSPS) is 18.4. The van der Waals surface area contributed by atoms with Crippen molar-refractivity contribution in [2.45, 2.75) is 43.0 Å². The number of nitro benzene ring substituents is 1. The summed E-state index contributed by atoms with van der Waals surface area (Å²) in [6, 6.07) is 5.43. The highest BCUT2D eigenvalue weighted by atomic mass is 32.2. The molecule has 0 saturated carbocycles. The Morgan fingerprint density at radius 3 is 2.04 bits per heavy atom. The zero-order chi connectivity index (χ0) is 32.8. The first kappa shape index (κ1) is 37.2. The predicted octanol–water partition coefficient (Wildman–Crippen LogP) is 2.04. The molecular weight excluding hydrogens is 628 g/mol. The van der Waals surface area contributed by atoms with E-state index in [4.69, 9.17) is 33.2 Å². The Balaban J connectivity index is 0.978. The minimum Gasteiger partial charge on any atom is -0.432 e. The van der Waals surface area contributed by atoms with Crippen LogP contribution in [-0.4, -0.2) is 125 Å². The molecule has 0 unspecified atom stereocenters. The van der Waals surface area contributed by atoms with E-state index in [-0.39, 0.29) is 48.7 Å². The predicted molar refractivity (Wildman–Crippen MR) is 166 cm³/mol. The number of ether oxygens (including phenoxy) is 7. The number of rotatable bonds is 25. The van der Waals surface area contributed by atoms with E-state index in [9.17, 15) is 24.5 Å². The van der Waals surface area contributed by atoms with Gasteiger partial charge in [-0.15, -0.1) is 0 Å². The van der Waals surface area contributed by atoms with Crippen LogP contribution in [0.15, 0.2) is 24.3 Å². The average molecular weight is 673 g/mol. The van der Waals surface area contributed by atoms with E-state index in [1.165, 1.54) is 24.3 Å². The van der Waals surface area contributed by atoms with Gasteiger partial charge in [-0.1, -0.05) is 6.42 Å². The molecule has 3 rings (SSSR count). The van der Waals surface area contributed by atoms with Crippen molar-refractivity contribution in [1.82, 2.24) is 16.0 Å². The van der Waals surface area contributed by atoms with Gasteiger partial charge in [0.2, 0.25) is 5.91 Å². The van der Waals surface area contributed by atoms with Crippen molar-refractivity contribution in [1.29, 1.82) is 0 Å². The Bertz CT molecular complexity index is 1070. The van der Waals surface area contributed by atoms with Crippen LogP contribution in [0, 0.1) is 10.1 Å². The molecule has 17 heteroatoms. The van der Waals surface area contributed by atoms with Gasteiger partial charge in [0, 0.05) is 36.1 Å². The largest absolute Gasteiger partial charge is 0.513 e. The fraction of sp³-hybridized carbons (Fsp3) is 0.690. The minimum atomic E-state index is -0.931. The van der Waals surface area contributed by atoms with E-state index >= 15 is 0 Å². The number of urea groups is 1. The Hall–Kier alpha value is -3.22. The fourth-order valence-corrected chi connectivity index (χ4v) is 6.10. The van der Waals surface area contributed by atoms with Crippen LogP contribution in [0.3, 0.4) is 0 Å². The zero-order valence-corrected chi connectivity index (χ0v) is 26.6. The number of hydrogen-bond acceptors (Lipinski definition) is 13. The Kier molecular flexibility index (Phi) is 18.1. The van der Waals surface area contributed by atoms with Crippen molar-refractivity contribution in [3.05, 3.63) is 34.4 Å². The van der Waals surface area contributed by atoms with Crippen LogP contribution in [0.1, 0.15) is 25.7 Å². The monoisotopic (exact) mass is 672 g/mol. The number of amides is 3. The van der Waals surface area contributed by atoms with Crippen LogP contribution >= 0.6 is 11.8 Å². The maximum atomic E-state index is 12.0. The van der Waals surface area contributed by atoms with Crippen LogP contribution in [0.5, 0.6) is 5.75 Å². The van der Waals surface area contributed by atoms with Crippen LogP contribution < -0.4 is 20.7 Å². The first-order valence-electron chi connectivity index (χ1n) is 15.4. The van der Waals surface area contributed by atoms with Gasteiger partial charge in [0.25, 0.3) is 5.69 Å². The highest BCUT2D eigenvalue weighted by Gasteiger charge is 2.42. The molecule has 2 heterocycles. The molecular formula is C29H44N4O12S. The molecule has 2 aliphatic rings. The van der Waals surface area contributed by atoms with Crippen molar-refractivity contribution in [3.8, 4) is 5.75 Å². The topological polar surface area (TPSA) is 195 Å². The minimum absolute atomic E-state index is 0.0133. The number of hydrogen-bond donors (Lipinski definition) is 3. The third-order valence-electron chi connectivity index (χ3n) is 6.83. The molecule has 258 valence electrons. The lowest BCUT2D eigenvalue weighted by molar-refractivity contribution is -0.384. The molecule has 3 amide bonds. The van der Waals surface area contributed by atoms with Gasteiger partial charge >= 0.3 is 12.2 Å². The van der Waals surface area contributed by atoms with E-state index in [0.717, 1.165) is 25.0 Å². The quantitative estimate of drug-likeness (QED) is 0.0341. The summed E-state index contributed by atoms with van der Waals surface area (Å²) in [5, 5.41) is 19.8. The lowest BCUT2D eigenvalue weighted by Crippen LogP contribution is -2.36. The van der Waals surface area contributed by atoms with Crippen molar-refractivity contribution in [2.24, 2.45) is 0 Å². The van der Waals surface area contributed by atoms with Gasteiger partial charge in [0.1, 0.15) is 12.4 Å². The van der Waals surface area contributed by atoms with Gasteiger partial charge in [-0.3, -0.25) is 14.9 Å². The number of non-ortho nitro benzene ring substituents is 1. The van der Waals surface area contributed by atoms with Gasteiger partial charge in [0.15, 0.2) is 0 Å². The summed E-state index contributed by atoms with van der Waals surface area (Å²) in [5.74, 6) is 1.11. The van der Waals surface area contributed by atoms with E-state index in [1.807, 2.05) is 11.8 Å². The molecule has 2 saturated heterocycles. The number of benzene rings is 1. The summed E-state index contributed by atoms with van der Waals surface area (Å²) in [5.41, 5.74) is -0.109. The van der Waals surface area contributed by atoms with Crippen LogP contribution in [0.25, 0.3) is 0 Å². The summed E-state index contributed by atoms with van der Waals surface area (Å²) in [6.45, 7) is 4.22. The Morgan fingerprint density at radius 2 is 1.43 bits per heavy atom. The summed E-state index contributed by atoms with van der Waals surface area (Å²) in [6.07, 6.45) is 2.34. The Labute approximate surface area is 272 Å². The second-order valence-electron chi connectivity index (χ2n) is 10.2. The SMILES string of the molecule is O=C(CCCC[C@@H]1SC[C@@H]2NC(=O)N[C@@H]21)NCCOCCOCCOCCOCCOCCOC(=O)Oc1ccc([N+](=O)[O-])cc1. The molecule has 3 atom stereocenters. The van der Waals surface area contributed by atoms with Gasteiger partial charge in [-0.05, 0) is 25.0 Å². The molecule has 0 aliphatic carbocycles. The summed E-state index contributed by atoms with van der Waals surface area (Å²) >= 11 is 1.89. The maximum Gasteiger partial charge on any atom is 0.513 e. The van der Waals surface area contributed by atoms with Crippen LogP contribution in [0.4, 0.5) is 15.3 Å². The van der Waals surface area contributed by atoms with Crippen LogP contribution in [-0.2, 0) is 33.2 Å².